The molecule has 0 radical (unpaired) electrons. The summed E-state index contributed by atoms with van der Waals surface area (Å²) in [6.45, 7) is 5.09. The van der Waals surface area contributed by atoms with Crippen LogP contribution in [0.15, 0.2) is 5.10 Å². The van der Waals surface area contributed by atoms with Crippen LogP contribution in [-0.2, 0) is 9.59 Å². The van der Waals surface area contributed by atoms with E-state index < -0.39 is 0 Å². The number of unbranched alkanes of at least 4 members (excludes halogenated alkanes) is 13. The first-order valence-corrected chi connectivity index (χ1v) is 15.1. The number of hydrogen-bond donors (Lipinski definition) is 4. The van der Waals surface area contributed by atoms with Gasteiger partial charge in [0.05, 0.1) is 18.2 Å². The first kappa shape index (κ1) is 31.9. The summed E-state index contributed by atoms with van der Waals surface area (Å²) < 4.78 is 0. The Hall–Kier alpha value is -2.36. The van der Waals surface area contributed by atoms with Gasteiger partial charge in [0.2, 0.25) is 5.91 Å². The van der Waals surface area contributed by atoms with Crippen LogP contribution < -0.4 is 16.3 Å². The van der Waals surface area contributed by atoms with E-state index in [1.54, 1.807) is 6.92 Å². The van der Waals surface area contributed by atoms with Crippen LogP contribution in [0, 0.1) is 5.92 Å². The number of aromatic amines is 1. The lowest BCUT2D eigenvalue weighted by Crippen LogP contribution is -2.24. The van der Waals surface area contributed by atoms with Crippen LogP contribution >= 0.6 is 0 Å². The fraction of sp³-hybridized carbons (Fsp3) is 0.857. The lowest BCUT2D eigenvalue weighted by molar-refractivity contribution is -0.122. The smallest absolute Gasteiger partial charge is 0.219 e. The van der Waals surface area contributed by atoms with Gasteiger partial charge in [0.1, 0.15) is 5.78 Å². The van der Waals surface area contributed by atoms with Gasteiger partial charge in [-0.3, -0.25) is 9.59 Å². The highest BCUT2D eigenvalue weighted by molar-refractivity contribution is 5.92. The van der Waals surface area contributed by atoms with Crippen molar-refractivity contribution in [2.75, 3.05) is 13.1 Å². The molecule has 0 aromatic carbocycles. The predicted octanol–water partition coefficient (Wildman–Crippen LogP) is 5.11. The van der Waals surface area contributed by atoms with Gasteiger partial charge in [0.15, 0.2) is 5.82 Å². The number of aromatic nitrogens is 4. The van der Waals surface area contributed by atoms with E-state index in [-0.39, 0.29) is 23.5 Å². The molecule has 1 unspecified atom stereocenters. The summed E-state index contributed by atoms with van der Waals surface area (Å²) in [5.74, 6) is 1.45. The highest BCUT2D eigenvalue weighted by atomic mass is 16.1. The van der Waals surface area contributed by atoms with Crippen LogP contribution in [0.4, 0.5) is 0 Å². The van der Waals surface area contributed by atoms with Crippen LogP contribution in [0.25, 0.3) is 0 Å². The summed E-state index contributed by atoms with van der Waals surface area (Å²) in [5, 5.41) is 21.9. The van der Waals surface area contributed by atoms with Gasteiger partial charge in [-0.15, -0.1) is 10.2 Å². The molecule has 0 aliphatic carbocycles. The van der Waals surface area contributed by atoms with Crippen molar-refractivity contribution in [3.05, 3.63) is 5.82 Å². The van der Waals surface area contributed by atoms with Crippen LogP contribution in [0.5, 0.6) is 0 Å². The summed E-state index contributed by atoms with van der Waals surface area (Å²) >= 11 is 0. The number of nitrogens with one attached hydrogen (secondary N) is 4. The standard InChI is InChI=1S/C28H52N8O2/c1-23(24(2)37)18-16-17-21-29-27(38)20-15-13-11-9-7-5-3-4-6-8-10-12-14-19-25(26-22-30-34-31-26)28-32-35-36-33-28/h23,25,30,34H,3-22H2,1-2H3,(H,29,38)(H,32,33,35,36)/t23-,25?/m0/s1. The maximum Gasteiger partial charge on any atom is 0.219 e. The summed E-state index contributed by atoms with van der Waals surface area (Å²) in [5.41, 5.74) is 6.89. The quantitative estimate of drug-likeness (QED) is 0.136. The fourth-order valence-electron chi connectivity index (χ4n) is 4.92. The molecule has 1 aliphatic rings. The maximum absolute atomic E-state index is 11.9. The summed E-state index contributed by atoms with van der Waals surface area (Å²) in [6, 6.07) is 0. The monoisotopic (exact) mass is 532 g/mol. The molecule has 10 nitrogen and oxygen atoms in total. The highest BCUT2D eigenvalue weighted by Crippen LogP contribution is 2.22. The Labute approximate surface area is 229 Å². The van der Waals surface area contributed by atoms with Crippen molar-refractivity contribution in [2.45, 2.75) is 135 Å². The number of hydrogen-bond acceptors (Lipinski definition) is 8. The van der Waals surface area contributed by atoms with E-state index in [1.807, 2.05) is 6.92 Å². The Kier molecular flexibility index (Phi) is 17.3. The van der Waals surface area contributed by atoms with Crippen molar-refractivity contribution in [2.24, 2.45) is 11.0 Å². The van der Waals surface area contributed by atoms with Gasteiger partial charge in [-0.1, -0.05) is 95.6 Å². The molecule has 0 saturated heterocycles. The second-order valence-corrected chi connectivity index (χ2v) is 10.9. The van der Waals surface area contributed by atoms with E-state index in [0.29, 0.717) is 6.42 Å². The molecule has 216 valence electrons. The van der Waals surface area contributed by atoms with Gasteiger partial charge in [0.25, 0.3) is 0 Å². The molecular formula is C28H52N8O2. The summed E-state index contributed by atoms with van der Waals surface area (Å²) in [4.78, 5) is 23.1. The molecule has 0 saturated carbocycles. The first-order valence-electron chi connectivity index (χ1n) is 15.1. The number of Topliss-reactive ketones (excluding diaryl/α,β-unsaturated/α-hetero) is 1. The molecule has 2 atom stereocenters. The van der Waals surface area contributed by atoms with Crippen molar-refractivity contribution < 1.29 is 9.59 Å². The zero-order chi connectivity index (χ0) is 27.3. The zero-order valence-electron chi connectivity index (χ0n) is 23.9. The lowest BCUT2D eigenvalue weighted by Gasteiger charge is -2.11. The molecule has 2 heterocycles. The number of hydrazone groups is 1. The molecule has 2 rings (SSSR count). The number of hydrazine groups is 1. The first-order chi connectivity index (χ1) is 18.6. The Morgan fingerprint density at radius 3 is 2.00 bits per heavy atom. The average molecular weight is 533 g/mol. The highest BCUT2D eigenvalue weighted by Gasteiger charge is 2.24. The molecular weight excluding hydrogens is 480 g/mol. The topological polar surface area (TPSA) is 137 Å². The molecule has 10 heteroatoms. The second kappa shape index (κ2) is 20.6. The van der Waals surface area contributed by atoms with Crippen LogP contribution in [0.3, 0.4) is 0 Å². The van der Waals surface area contributed by atoms with E-state index in [4.69, 9.17) is 0 Å². The number of carbonyl (C=O) groups excluding carboxylic acids is 2. The van der Waals surface area contributed by atoms with E-state index in [2.05, 4.69) is 42.0 Å². The van der Waals surface area contributed by atoms with Crippen molar-refractivity contribution >= 4 is 17.4 Å². The van der Waals surface area contributed by atoms with Crippen molar-refractivity contribution in [3.63, 3.8) is 0 Å². The van der Waals surface area contributed by atoms with Gasteiger partial charge in [-0.2, -0.15) is 10.3 Å². The zero-order valence-corrected chi connectivity index (χ0v) is 23.9. The number of H-pyrrole nitrogens is 1. The summed E-state index contributed by atoms with van der Waals surface area (Å²) in [6.07, 6.45) is 20.8. The number of rotatable bonds is 24. The second-order valence-electron chi connectivity index (χ2n) is 10.9. The van der Waals surface area contributed by atoms with Crippen molar-refractivity contribution in [1.29, 1.82) is 0 Å². The normalized spacial score (nSPS) is 14.6. The lowest BCUT2D eigenvalue weighted by atomic mass is 9.94. The van der Waals surface area contributed by atoms with Gasteiger partial charge in [-0.05, 0) is 32.6 Å². The third kappa shape index (κ3) is 14.5. The minimum absolute atomic E-state index is 0.137. The molecule has 0 spiro atoms. The van der Waals surface area contributed by atoms with Gasteiger partial charge >= 0.3 is 0 Å². The summed E-state index contributed by atoms with van der Waals surface area (Å²) in [7, 11) is 0. The largest absolute Gasteiger partial charge is 0.356 e. The minimum Gasteiger partial charge on any atom is -0.356 e. The minimum atomic E-state index is 0.137. The van der Waals surface area contributed by atoms with Gasteiger partial charge in [0, 0.05) is 18.9 Å². The van der Waals surface area contributed by atoms with Crippen molar-refractivity contribution in [1.82, 2.24) is 36.9 Å². The van der Waals surface area contributed by atoms with Crippen LogP contribution in [-0.4, -0.2) is 51.1 Å². The van der Waals surface area contributed by atoms with Gasteiger partial charge < -0.3 is 5.32 Å². The SMILES string of the molecule is CC(=O)[C@@H](C)CCCCNC(=O)CCCCCCCCCCCCCCCC(C1=NNNC1)c1nn[nH]n1. The van der Waals surface area contributed by atoms with E-state index in [1.165, 1.54) is 64.2 Å². The maximum atomic E-state index is 11.9. The average Bonchev–Trinajstić information content (AvgIpc) is 3.63. The fourth-order valence-corrected chi connectivity index (χ4v) is 4.92. The van der Waals surface area contributed by atoms with Crippen LogP contribution in [0.2, 0.25) is 0 Å². The Balaban J connectivity index is 1.31. The Bertz CT molecular complexity index is 784. The molecule has 4 N–H and O–H groups in total. The Morgan fingerprint density at radius 2 is 1.45 bits per heavy atom. The molecule has 1 aliphatic heterocycles. The van der Waals surface area contributed by atoms with E-state index in [0.717, 1.165) is 69.6 Å². The molecule has 1 aromatic rings. The molecule has 0 bridgehead atoms. The third-order valence-electron chi connectivity index (χ3n) is 7.60. The number of carbonyl (C=O) groups is 2. The molecule has 1 amide bonds. The van der Waals surface area contributed by atoms with Crippen LogP contribution in [0.1, 0.15) is 141 Å². The molecule has 0 fully saturated rings. The number of amides is 1. The van der Waals surface area contributed by atoms with E-state index >= 15 is 0 Å². The van der Waals surface area contributed by atoms with E-state index in [9.17, 15) is 9.59 Å². The number of nitrogens with zero attached hydrogens (tertiary/aromatic N) is 4. The molecule has 38 heavy (non-hydrogen) atoms. The third-order valence-corrected chi connectivity index (χ3v) is 7.60. The predicted molar refractivity (Wildman–Crippen MR) is 151 cm³/mol. The molecule has 1 aromatic heterocycles. The number of tetrazole rings is 1. The van der Waals surface area contributed by atoms with Crippen molar-refractivity contribution in [3.8, 4) is 0 Å². The number of ketones is 1. The van der Waals surface area contributed by atoms with Gasteiger partial charge in [-0.25, -0.2) is 11.0 Å². The Morgan fingerprint density at radius 1 is 0.842 bits per heavy atom.